The van der Waals surface area contributed by atoms with Crippen molar-refractivity contribution >= 4 is 28.9 Å². The Morgan fingerprint density at radius 1 is 1.04 bits per heavy atom. The van der Waals surface area contributed by atoms with Crippen LogP contribution in [0.25, 0.3) is 0 Å². The van der Waals surface area contributed by atoms with Gasteiger partial charge in [-0.25, -0.2) is 0 Å². The third kappa shape index (κ3) is 3.63. The molecule has 6 heteroatoms. The summed E-state index contributed by atoms with van der Waals surface area (Å²) in [4.78, 5) is 12.1. The van der Waals surface area contributed by atoms with Crippen molar-refractivity contribution in [2.45, 2.75) is 25.4 Å². The third-order valence-electron chi connectivity index (χ3n) is 5.23. The number of carbonyl (C=O) groups excluding carboxylic acids is 1. The summed E-state index contributed by atoms with van der Waals surface area (Å²) in [5, 5.41) is 13.1. The second-order valence-corrected chi connectivity index (χ2v) is 7.35. The largest absolute Gasteiger partial charge is 0.352 e. The summed E-state index contributed by atoms with van der Waals surface area (Å²) < 4.78 is 0. The Morgan fingerprint density at radius 2 is 1.67 bits per heavy atom. The number of amides is 1. The zero-order chi connectivity index (χ0) is 18.8. The molecule has 4 rings (SSSR count). The minimum atomic E-state index is -0.106. The van der Waals surface area contributed by atoms with Crippen LogP contribution >= 0.6 is 12.2 Å². The van der Waals surface area contributed by atoms with Gasteiger partial charge in [-0.2, -0.15) is 10.1 Å². The molecular weight excluding hydrogens is 356 g/mol. The maximum absolute atomic E-state index is 12.1. The number of carbonyl (C=O) groups is 1. The van der Waals surface area contributed by atoms with Gasteiger partial charge in [-0.05, 0) is 23.3 Å². The van der Waals surface area contributed by atoms with E-state index in [2.05, 4.69) is 59.1 Å². The van der Waals surface area contributed by atoms with Crippen molar-refractivity contribution in [1.82, 2.24) is 15.6 Å². The molecule has 1 amide bonds. The van der Waals surface area contributed by atoms with E-state index in [0.717, 1.165) is 12.1 Å². The maximum Gasteiger partial charge on any atom is 0.268 e. The normalized spacial score (nSPS) is 27.1. The molecule has 0 aromatic heterocycles. The van der Waals surface area contributed by atoms with Gasteiger partial charge < -0.3 is 10.6 Å². The van der Waals surface area contributed by atoms with Crippen LogP contribution in [-0.4, -0.2) is 28.3 Å². The average molecular weight is 379 g/mol. The number of rotatable bonds is 3. The van der Waals surface area contributed by atoms with Gasteiger partial charge in [0.15, 0.2) is 5.11 Å². The highest BCUT2D eigenvalue weighted by Crippen LogP contribution is 2.35. The fraction of sp³-hybridized carbons (Fsp3) is 0.286. The lowest BCUT2D eigenvalue weighted by atomic mass is 9.81. The fourth-order valence-electron chi connectivity index (χ4n) is 3.73. The quantitative estimate of drug-likeness (QED) is 0.806. The Morgan fingerprint density at radius 3 is 2.26 bits per heavy atom. The number of thiocarbonyl (C=S) groups is 1. The van der Waals surface area contributed by atoms with Gasteiger partial charge in [0.1, 0.15) is 0 Å². The first-order valence-corrected chi connectivity index (χ1v) is 9.58. The van der Waals surface area contributed by atoms with E-state index in [9.17, 15) is 4.79 Å². The molecule has 27 heavy (non-hydrogen) atoms. The summed E-state index contributed by atoms with van der Waals surface area (Å²) in [5.74, 6) is 0.0364. The van der Waals surface area contributed by atoms with Gasteiger partial charge >= 0.3 is 0 Å². The van der Waals surface area contributed by atoms with Gasteiger partial charge in [0, 0.05) is 30.1 Å². The van der Waals surface area contributed by atoms with Crippen LogP contribution in [-0.2, 0) is 4.79 Å². The Bertz CT molecular complexity index is 852. The zero-order valence-corrected chi connectivity index (χ0v) is 15.9. The molecule has 2 heterocycles. The standard InChI is InChI=1S/C21H22N4OS/c1-14-17(24-25-19(26)13-22-21(25)27)12-18(15-8-4-2-5-9-15)23-20(14)16-10-6-3-7-11-16/h2-11,14,18,20,23H,12-13H2,1H3,(H,22,27)/b24-17+. The van der Waals surface area contributed by atoms with E-state index in [1.54, 1.807) is 0 Å². The van der Waals surface area contributed by atoms with Gasteiger partial charge in [-0.1, -0.05) is 67.6 Å². The van der Waals surface area contributed by atoms with Crippen molar-refractivity contribution in [3.8, 4) is 0 Å². The molecule has 2 aliphatic heterocycles. The Labute approximate surface area is 164 Å². The number of piperidine rings is 1. The number of hydrogen-bond donors (Lipinski definition) is 2. The summed E-state index contributed by atoms with van der Waals surface area (Å²) in [6, 6.07) is 21.0. The van der Waals surface area contributed by atoms with Gasteiger partial charge in [0.2, 0.25) is 0 Å². The Balaban J connectivity index is 1.71. The summed E-state index contributed by atoms with van der Waals surface area (Å²) in [7, 11) is 0. The predicted molar refractivity (Wildman–Crippen MR) is 110 cm³/mol. The first-order chi connectivity index (χ1) is 13.1. The van der Waals surface area contributed by atoms with E-state index in [4.69, 9.17) is 12.2 Å². The smallest absolute Gasteiger partial charge is 0.268 e. The molecule has 2 saturated heterocycles. The van der Waals surface area contributed by atoms with Crippen LogP contribution in [0.15, 0.2) is 65.8 Å². The first-order valence-electron chi connectivity index (χ1n) is 9.17. The molecule has 0 saturated carbocycles. The van der Waals surface area contributed by atoms with Crippen molar-refractivity contribution in [2.24, 2.45) is 11.0 Å². The molecule has 0 aliphatic carbocycles. The second-order valence-electron chi connectivity index (χ2n) is 6.97. The Hall–Kier alpha value is -2.57. The molecule has 2 aromatic carbocycles. The molecule has 0 bridgehead atoms. The minimum Gasteiger partial charge on any atom is -0.352 e. The number of nitrogens with one attached hydrogen (secondary N) is 2. The molecule has 138 valence electrons. The molecular formula is C21H22N4OS. The lowest BCUT2D eigenvalue weighted by Gasteiger charge is -2.38. The third-order valence-corrected chi connectivity index (χ3v) is 5.55. The van der Waals surface area contributed by atoms with Gasteiger partial charge in [0.25, 0.3) is 5.91 Å². The summed E-state index contributed by atoms with van der Waals surface area (Å²) in [6.45, 7) is 2.37. The molecule has 3 atom stereocenters. The maximum atomic E-state index is 12.1. The molecule has 0 radical (unpaired) electrons. The molecule has 2 N–H and O–H groups in total. The van der Waals surface area contributed by atoms with Gasteiger partial charge in [-0.3, -0.25) is 4.79 Å². The van der Waals surface area contributed by atoms with Crippen molar-refractivity contribution in [3.63, 3.8) is 0 Å². The average Bonchev–Trinajstić information content (AvgIpc) is 3.03. The predicted octanol–water partition coefficient (Wildman–Crippen LogP) is 3.17. The van der Waals surface area contributed by atoms with E-state index >= 15 is 0 Å². The van der Waals surface area contributed by atoms with Crippen LogP contribution in [0.4, 0.5) is 0 Å². The van der Waals surface area contributed by atoms with Crippen LogP contribution in [0, 0.1) is 5.92 Å². The fourth-order valence-corrected chi connectivity index (χ4v) is 3.94. The monoisotopic (exact) mass is 378 g/mol. The van der Waals surface area contributed by atoms with Gasteiger partial charge in [0.05, 0.1) is 6.54 Å². The number of benzene rings is 2. The van der Waals surface area contributed by atoms with Crippen LogP contribution < -0.4 is 10.6 Å². The highest BCUT2D eigenvalue weighted by molar-refractivity contribution is 7.80. The molecule has 2 aromatic rings. The molecule has 0 spiro atoms. The zero-order valence-electron chi connectivity index (χ0n) is 15.1. The van der Waals surface area contributed by atoms with E-state index in [1.165, 1.54) is 16.1 Å². The number of hydrogen-bond acceptors (Lipinski definition) is 4. The summed E-state index contributed by atoms with van der Waals surface area (Å²) in [6.07, 6.45) is 0.737. The second kappa shape index (κ2) is 7.58. The van der Waals surface area contributed by atoms with Crippen LogP contribution in [0.5, 0.6) is 0 Å². The first kappa shape index (κ1) is 17.8. The van der Waals surface area contributed by atoms with Crippen LogP contribution in [0.3, 0.4) is 0 Å². The summed E-state index contributed by atoms with van der Waals surface area (Å²) in [5.41, 5.74) is 3.41. The lowest BCUT2D eigenvalue weighted by Crippen LogP contribution is -2.42. The number of hydrazone groups is 1. The molecule has 2 fully saturated rings. The minimum absolute atomic E-state index is 0.106. The summed E-state index contributed by atoms with van der Waals surface area (Å²) >= 11 is 5.24. The van der Waals surface area contributed by atoms with Crippen LogP contribution in [0.2, 0.25) is 0 Å². The topological polar surface area (TPSA) is 56.7 Å². The van der Waals surface area contributed by atoms with E-state index in [1.807, 2.05) is 24.3 Å². The van der Waals surface area contributed by atoms with Crippen LogP contribution in [0.1, 0.15) is 36.6 Å². The highest BCUT2D eigenvalue weighted by atomic mass is 32.1. The molecule has 2 aliphatic rings. The van der Waals surface area contributed by atoms with E-state index in [-0.39, 0.29) is 30.5 Å². The van der Waals surface area contributed by atoms with Crippen molar-refractivity contribution in [1.29, 1.82) is 0 Å². The van der Waals surface area contributed by atoms with E-state index in [0.29, 0.717) is 5.11 Å². The lowest BCUT2D eigenvalue weighted by molar-refractivity contribution is -0.124. The molecule has 5 nitrogen and oxygen atoms in total. The number of nitrogens with zero attached hydrogens (tertiary/aromatic N) is 2. The van der Waals surface area contributed by atoms with Crippen molar-refractivity contribution < 1.29 is 4.79 Å². The molecule has 3 unspecified atom stereocenters. The van der Waals surface area contributed by atoms with E-state index < -0.39 is 0 Å². The van der Waals surface area contributed by atoms with Crippen molar-refractivity contribution in [3.05, 3.63) is 71.8 Å². The highest BCUT2D eigenvalue weighted by Gasteiger charge is 2.35. The SMILES string of the molecule is CC1/C(=N/N2C(=O)CNC2=S)CC(c2ccccc2)NC1c1ccccc1. The van der Waals surface area contributed by atoms with Crippen molar-refractivity contribution in [2.75, 3.05) is 6.54 Å². The van der Waals surface area contributed by atoms with Gasteiger partial charge in [-0.15, -0.1) is 0 Å². The Kier molecular flexibility index (Phi) is 5.01.